The van der Waals surface area contributed by atoms with Gasteiger partial charge in [-0.15, -0.1) is 0 Å². The number of halogens is 2. The topological polar surface area (TPSA) is 20.2 Å². The molecule has 0 bridgehead atoms. The Morgan fingerprint density at radius 2 is 1.83 bits per heavy atom. The van der Waals surface area contributed by atoms with Gasteiger partial charge in [-0.2, -0.15) is 0 Å². The van der Waals surface area contributed by atoms with Crippen LogP contribution in [0.5, 0.6) is 0 Å². The highest BCUT2D eigenvalue weighted by Gasteiger charge is 2.24. The number of alkyl halides is 2. The van der Waals surface area contributed by atoms with Crippen LogP contribution in [0.2, 0.25) is 0 Å². The molecule has 0 aromatic carbocycles. The first-order valence-corrected chi connectivity index (χ1v) is 7.19. The highest BCUT2D eigenvalue weighted by Crippen LogP contribution is 2.24. The number of aliphatic hydroxyl groups excluding tert-OH is 1. The fourth-order valence-electron chi connectivity index (χ4n) is 1.11. The molecule has 0 heterocycles. The molecule has 0 aliphatic carbocycles. The van der Waals surface area contributed by atoms with Crippen molar-refractivity contribution in [3.63, 3.8) is 0 Å². The lowest BCUT2D eigenvalue weighted by molar-refractivity contribution is 0.0662. The van der Waals surface area contributed by atoms with Crippen LogP contribution in [0.25, 0.3) is 0 Å². The Hall–Kier alpha value is 1.42. The van der Waals surface area contributed by atoms with E-state index in [2.05, 4.69) is 66.0 Å². The minimum atomic E-state index is -0.133. The van der Waals surface area contributed by atoms with E-state index in [9.17, 15) is 5.11 Å². The molecule has 0 fully saturated rings. The van der Waals surface area contributed by atoms with Gasteiger partial charge < -0.3 is 5.11 Å². The molecule has 0 saturated heterocycles. The molecular formula is C9H18I2O. The fraction of sp³-hybridized carbons (Fsp3) is 1.00. The molecule has 0 aliphatic heterocycles. The summed E-state index contributed by atoms with van der Waals surface area (Å²) in [7, 11) is 0. The molecule has 12 heavy (non-hydrogen) atoms. The van der Waals surface area contributed by atoms with Gasteiger partial charge in [0.05, 0.1) is 6.10 Å². The van der Waals surface area contributed by atoms with Crippen molar-refractivity contribution < 1.29 is 5.11 Å². The van der Waals surface area contributed by atoms with Crippen LogP contribution >= 0.6 is 45.2 Å². The molecule has 1 nitrogen and oxygen atoms in total. The minimum Gasteiger partial charge on any atom is -0.393 e. The normalized spacial score (nSPS) is 21.5. The lowest BCUT2D eigenvalue weighted by Crippen LogP contribution is -2.31. The zero-order chi connectivity index (χ0) is 9.72. The van der Waals surface area contributed by atoms with E-state index in [1.807, 2.05) is 0 Å². The van der Waals surface area contributed by atoms with Crippen molar-refractivity contribution in [2.24, 2.45) is 11.8 Å². The smallest absolute Gasteiger partial charge is 0.0601 e. The van der Waals surface area contributed by atoms with E-state index in [4.69, 9.17) is 0 Å². The van der Waals surface area contributed by atoms with Crippen LogP contribution in [0.3, 0.4) is 0 Å². The lowest BCUT2D eigenvalue weighted by Gasteiger charge is -2.26. The molecule has 0 spiro atoms. The molecule has 0 radical (unpaired) electrons. The Balaban J connectivity index is 3.99. The van der Waals surface area contributed by atoms with Gasteiger partial charge in [-0.05, 0) is 11.8 Å². The van der Waals surface area contributed by atoms with Crippen molar-refractivity contribution in [3.05, 3.63) is 0 Å². The van der Waals surface area contributed by atoms with Gasteiger partial charge in [0.2, 0.25) is 0 Å². The Labute approximate surface area is 103 Å². The van der Waals surface area contributed by atoms with Crippen LogP contribution < -0.4 is 0 Å². The summed E-state index contributed by atoms with van der Waals surface area (Å²) < 4.78 is 1.71. The monoisotopic (exact) mass is 396 g/mol. The summed E-state index contributed by atoms with van der Waals surface area (Å²) in [5, 5.41) is 9.88. The third-order valence-corrected chi connectivity index (χ3v) is 6.69. The fourth-order valence-corrected chi connectivity index (χ4v) is 2.34. The number of hydrogen-bond donors (Lipinski definition) is 1. The van der Waals surface area contributed by atoms with Crippen LogP contribution in [-0.2, 0) is 0 Å². The molecule has 0 amide bonds. The van der Waals surface area contributed by atoms with Gasteiger partial charge in [0, 0.05) is 8.35 Å². The molecule has 0 aromatic heterocycles. The van der Waals surface area contributed by atoms with Gasteiger partial charge in [-0.3, -0.25) is 0 Å². The van der Waals surface area contributed by atoms with Crippen LogP contribution in [0, 0.1) is 11.8 Å². The third kappa shape index (κ3) is 4.09. The van der Waals surface area contributed by atoms with Crippen molar-refractivity contribution in [2.75, 3.05) is 4.43 Å². The first-order chi connectivity index (χ1) is 5.54. The van der Waals surface area contributed by atoms with Crippen molar-refractivity contribution >= 4 is 45.2 Å². The van der Waals surface area contributed by atoms with E-state index < -0.39 is 0 Å². The summed E-state index contributed by atoms with van der Waals surface area (Å²) in [5.74, 6) is 0.845. The number of rotatable bonds is 5. The molecule has 0 rings (SSSR count). The predicted octanol–water partition coefficient (Wildman–Crippen LogP) is 3.27. The van der Waals surface area contributed by atoms with Gasteiger partial charge in [-0.25, -0.2) is 0 Å². The van der Waals surface area contributed by atoms with Crippen LogP contribution in [-0.4, -0.2) is 19.6 Å². The van der Waals surface area contributed by atoms with Gasteiger partial charge in [0.1, 0.15) is 0 Å². The summed E-state index contributed by atoms with van der Waals surface area (Å²) in [4.78, 5) is 0. The van der Waals surface area contributed by atoms with Gasteiger partial charge in [0.25, 0.3) is 0 Å². The van der Waals surface area contributed by atoms with E-state index in [1.54, 1.807) is 0 Å². The molecule has 0 aliphatic rings. The van der Waals surface area contributed by atoms with Crippen LogP contribution in [0.1, 0.15) is 27.2 Å². The van der Waals surface area contributed by atoms with Gasteiger partial charge >= 0.3 is 0 Å². The largest absolute Gasteiger partial charge is 0.393 e. The summed E-state index contributed by atoms with van der Waals surface area (Å²) in [6, 6.07) is 0. The SMILES string of the molecule is CCC(C)C(O)C(C)C(I)CI. The Kier molecular flexibility index (Phi) is 7.62. The molecule has 74 valence electrons. The average Bonchev–Trinajstić information content (AvgIpc) is 2.12. The van der Waals surface area contributed by atoms with Crippen LogP contribution in [0.15, 0.2) is 0 Å². The second-order valence-electron chi connectivity index (χ2n) is 3.41. The quantitative estimate of drug-likeness (QED) is 0.559. The van der Waals surface area contributed by atoms with Crippen LogP contribution in [0.4, 0.5) is 0 Å². The molecule has 1 N–H and O–H groups in total. The number of hydrogen-bond acceptors (Lipinski definition) is 1. The first kappa shape index (κ1) is 13.4. The van der Waals surface area contributed by atoms with Gasteiger partial charge in [0.15, 0.2) is 0 Å². The Morgan fingerprint density at radius 3 is 2.17 bits per heavy atom. The standard InChI is InChI=1S/C9H18I2O/c1-4-6(2)9(12)7(3)8(11)5-10/h6-9,12H,4-5H2,1-3H3. The van der Waals surface area contributed by atoms with Crippen molar-refractivity contribution in [3.8, 4) is 0 Å². The zero-order valence-electron chi connectivity index (χ0n) is 7.93. The van der Waals surface area contributed by atoms with E-state index in [0.717, 1.165) is 10.8 Å². The highest BCUT2D eigenvalue weighted by atomic mass is 127. The maximum atomic E-state index is 9.88. The van der Waals surface area contributed by atoms with E-state index >= 15 is 0 Å². The van der Waals surface area contributed by atoms with Crippen molar-refractivity contribution in [1.29, 1.82) is 0 Å². The predicted molar refractivity (Wildman–Crippen MR) is 71.3 cm³/mol. The molecule has 0 aromatic rings. The number of aliphatic hydroxyl groups is 1. The molecular weight excluding hydrogens is 378 g/mol. The Bertz CT molecular complexity index is 105. The molecule has 4 atom stereocenters. The second kappa shape index (κ2) is 6.81. The van der Waals surface area contributed by atoms with E-state index in [0.29, 0.717) is 15.8 Å². The summed E-state index contributed by atoms with van der Waals surface area (Å²) in [6.45, 7) is 6.40. The maximum absolute atomic E-state index is 9.88. The van der Waals surface area contributed by atoms with E-state index in [-0.39, 0.29) is 6.10 Å². The summed E-state index contributed by atoms with van der Waals surface area (Å²) in [5.41, 5.74) is 0. The average molecular weight is 396 g/mol. The third-order valence-electron chi connectivity index (χ3n) is 2.48. The van der Waals surface area contributed by atoms with Crippen molar-refractivity contribution in [1.82, 2.24) is 0 Å². The molecule has 3 heteroatoms. The minimum absolute atomic E-state index is 0.133. The van der Waals surface area contributed by atoms with Gasteiger partial charge in [-0.1, -0.05) is 72.4 Å². The summed E-state index contributed by atoms with van der Waals surface area (Å²) in [6.07, 6.45) is 0.933. The molecule has 4 unspecified atom stereocenters. The Morgan fingerprint density at radius 1 is 1.33 bits per heavy atom. The highest BCUT2D eigenvalue weighted by molar-refractivity contribution is 14.1. The second-order valence-corrected chi connectivity index (χ2v) is 5.89. The summed E-state index contributed by atoms with van der Waals surface area (Å²) >= 11 is 4.81. The lowest BCUT2D eigenvalue weighted by atomic mass is 9.90. The van der Waals surface area contributed by atoms with Crippen molar-refractivity contribution in [2.45, 2.75) is 37.2 Å². The molecule has 0 saturated carbocycles. The zero-order valence-corrected chi connectivity index (χ0v) is 12.2. The maximum Gasteiger partial charge on any atom is 0.0601 e. The first-order valence-electron chi connectivity index (χ1n) is 4.42. The van der Waals surface area contributed by atoms with E-state index in [1.165, 1.54) is 0 Å².